The molecule has 0 bridgehead atoms. The Morgan fingerprint density at radius 2 is 1.81 bits per heavy atom. The van der Waals surface area contributed by atoms with Gasteiger partial charge < -0.3 is 20.1 Å². The van der Waals surface area contributed by atoms with Gasteiger partial charge in [-0.1, -0.05) is 6.07 Å². The van der Waals surface area contributed by atoms with Crippen LogP contribution in [-0.4, -0.2) is 43.8 Å². The van der Waals surface area contributed by atoms with Crippen LogP contribution in [0.5, 0.6) is 11.5 Å². The molecule has 0 saturated carbocycles. The highest BCUT2D eigenvalue weighted by Crippen LogP contribution is 2.30. The number of hydrogen-bond acceptors (Lipinski definition) is 6. The van der Waals surface area contributed by atoms with Crippen molar-refractivity contribution in [1.82, 2.24) is 5.32 Å². The van der Waals surface area contributed by atoms with Crippen molar-refractivity contribution in [1.29, 1.82) is 0 Å². The third-order valence-corrected chi connectivity index (χ3v) is 4.11. The minimum atomic E-state index is -4.45. The van der Waals surface area contributed by atoms with Gasteiger partial charge in [-0.05, 0) is 36.2 Å². The molecule has 0 atom stereocenters. The summed E-state index contributed by atoms with van der Waals surface area (Å²) in [6.45, 7) is -0.634. The van der Waals surface area contributed by atoms with Gasteiger partial charge in [0.2, 0.25) is 5.91 Å². The molecule has 31 heavy (non-hydrogen) atoms. The van der Waals surface area contributed by atoms with Crippen LogP contribution < -0.4 is 20.1 Å². The number of ether oxygens (including phenoxy) is 2. The first kappa shape index (κ1) is 23.8. The second-order valence-electron chi connectivity index (χ2n) is 6.47. The number of aryl methyl sites for hydroxylation is 1. The maximum Gasteiger partial charge on any atom is 0.422 e. The van der Waals surface area contributed by atoms with Gasteiger partial charge in [0, 0.05) is 37.3 Å². The first-order chi connectivity index (χ1) is 14.7. The SMILES string of the molecule is COc1cc(CCC(=O)NCCNc2ccc([N+](=O)[O-])cc2)ccc1OCC(F)(F)F. The van der Waals surface area contributed by atoms with Crippen LogP contribution in [0.2, 0.25) is 0 Å². The van der Waals surface area contributed by atoms with Gasteiger partial charge in [-0.3, -0.25) is 14.9 Å². The molecular weight excluding hydrogens is 419 g/mol. The Balaban J connectivity index is 1.73. The maximum atomic E-state index is 12.3. The zero-order chi connectivity index (χ0) is 22.9. The molecule has 1 amide bonds. The number of hydrogen-bond donors (Lipinski definition) is 2. The number of halogens is 3. The zero-order valence-electron chi connectivity index (χ0n) is 16.7. The van der Waals surface area contributed by atoms with E-state index in [4.69, 9.17) is 9.47 Å². The van der Waals surface area contributed by atoms with E-state index in [1.165, 1.54) is 31.4 Å². The number of benzene rings is 2. The normalized spacial score (nSPS) is 11.0. The van der Waals surface area contributed by atoms with E-state index in [-0.39, 0.29) is 29.5 Å². The van der Waals surface area contributed by atoms with E-state index in [1.807, 2.05) is 0 Å². The van der Waals surface area contributed by atoms with Crippen LogP contribution in [0.4, 0.5) is 24.5 Å². The second-order valence-corrected chi connectivity index (χ2v) is 6.47. The summed E-state index contributed by atoms with van der Waals surface area (Å²) in [5.74, 6) is -0.0540. The van der Waals surface area contributed by atoms with Gasteiger partial charge in [-0.15, -0.1) is 0 Å². The smallest absolute Gasteiger partial charge is 0.422 e. The van der Waals surface area contributed by atoms with Gasteiger partial charge in [0.05, 0.1) is 12.0 Å². The molecular formula is C20H22F3N3O5. The number of nitro groups is 1. The molecule has 0 fully saturated rings. The van der Waals surface area contributed by atoms with Crippen molar-refractivity contribution < 1.29 is 32.4 Å². The summed E-state index contributed by atoms with van der Waals surface area (Å²) in [6.07, 6.45) is -3.89. The number of carbonyl (C=O) groups is 1. The Morgan fingerprint density at radius 1 is 1.10 bits per heavy atom. The highest BCUT2D eigenvalue weighted by Gasteiger charge is 2.29. The van der Waals surface area contributed by atoms with Crippen LogP contribution in [0.1, 0.15) is 12.0 Å². The molecule has 0 aliphatic carbocycles. The lowest BCUT2D eigenvalue weighted by Gasteiger charge is -2.13. The first-order valence-electron chi connectivity index (χ1n) is 9.29. The van der Waals surface area contributed by atoms with E-state index in [0.717, 1.165) is 5.56 Å². The number of nitro benzene ring substituents is 1. The van der Waals surface area contributed by atoms with Gasteiger partial charge in [-0.25, -0.2) is 0 Å². The number of non-ortho nitro benzene ring substituents is 1. The predicted octanol–water partition coefficient (Wildman–Crippen LogP) is 3.71. The summed E-state index contributed by atoms with van der Waals surface area (Å²) in [4.78, 5) is 22.1. The number of alkyl halides is 3. The molecule has 0 unspecified atom stereocenters. The average Bonchev–Trinajstić information content (AvgIpc) is 2.73. The van der Waals surface area contributed by atoms with Crippen LogP contribution in [0.3, 0.4) is 0 Å². The van der Waals surface area contributed by atoms with E-state index in [9.17, 15) is 28.1 Å². The Hall–Kier alpha value is -3.50. The largest absolute Gasteiger partial charge is 0.493 e. The summed E-state index contributed by atoms with van der Waals surface area (Å²) >= 11 is 0. The summed E-state index contributed by atoms with van der Waals surface area (Å²) in [7, 11) is 1.32. The Morgan fingerprint density at radius 3 is 2.42 bits per heavy atom. The summed E-state index contributed by atoms with van der Waals surface area (Å²) in [6, 6.07) is 10.4. The molecule has 0 aromatic heterocycles. The molecule has 0 saturated heterocycles. The maximum absolute atomic E-state index is 12.3. The van der Waals surface area contributed by atoms with Gasteiger partial charge in [0.15, 0.2) is 18.1 Å². The van der Waals surface area contributed by atoms with Crippen molar-refractivity contribution in [3.8, 4) is 11.5 Å². The zero-order valence-corrected chi connectivity index (χ0v) is 16.7. The summed E-state index contributed by atoms with van der Waals surface area (Å²) in [5.41, 5.74) is 1.41. The van der Waals surface area contributed by atoms with Crippen molar-refractivity contribution in [2.24, 2.45) is 0 Å². The molecule has 2 aromatic rings. The molecule has 0 aliphatic heterocycles. The molecule has 168 valence electrons. The molecule has 0 aliphatic rings. The predicted molar refractivity (Wildman–Crippen MR) is 107 cm³/mol. The molecule has 2 N–H and O–H groups in total. The van der Waals surface area contributed by atoms with Gasteiger partial charge >= 0.3 is 6.18 Å². The number of nitrogens with one attached hydrogen (secondary N) is 2. The van der Waals surface area contributed by atoms with Gasteiger partial charge in [0.1, 0.15) is 0 Å². The second kappa shape index (κ2) is 11.0. The summed E-state index contributed by atoms with van der Waals surface area (Å²) < 4.78 is 46.7. The lowest BCUT2D eigenvalue weighted by molar-refractivity contribution is -0.384. The molecule has 8 nitrogen and oxygen atoms in total. The minimum absolute atomic E-state index is 0.00423. The minimum Gasteiger partial charge on any atom is -0.493 e. The number of nitrogens with zero attached hydrogens (tertiary/aromatic N) is 1. The fourth-order valence-electron chi connectivity index (χ4n) is 2.60. The van der Waals surface area contributed by atoms with Crippen molar-refractivity contribution in [3.63, 3.8) is 0 Å². The van der Waals surface area contributed by atoms with Crippen LogP contribution >= 0.6 is 0 Å². The lowest BCUT2D eigenvalue weighted by atomic mass is 10.1. The van der Waals surface area contributed by atoms with Crippen molar-refractivity contribution >= 4 is 17.3 Å². The number of rotatable bonds is 11. The van der Waals surface area contributed by atoms with Crippen LogP contribution in [-0.2, 0) is 11.2 Å². The monoisotopic (exact) mass is 441 g/mol. The van der Waals surface area contributed by atoms with E-state index in [0.29, 0.717) is 25.2 Å². The number of methoxy groups -OCH3 is 1. The van der Waals surface area contributed by atoms with Crippen molar-refractivity contribution in [2.75, 3.05) is 32.1 Å². The molecule has 0 heterocycles. The van der Waals surface area contributed by atoms with Crippen molar-refractivity contribution in [2.45, 2.75) is 19.0 Å². The van der Waals surface area contributed by atoms with E-state index in [1.54, 1.807) is 18.2 Å². The Bertz CT molecular complexity index is 889. The molecule has 0 radical (unpaired) electrons. The molecule has 11 heteroatoms. The van der Waals surface area contributed by atoms with Gasteiger partial charge in [0.25, 0.3) is 5.69 Å². The lowest BCUT2D eigenvalue weighted by Crippen LogP contribution is -2.28. The highest BCUT2D eigenvalue weighted by molar-refractivity contribution is 5.76. The van der Waals surface area contributed by atoms with Crippen LogP contribution in [0, 0.1) is 10.1 Å². The quantitative estimate of drug-likeness (QED) is 0.313. The third-order valence-electron chi connectivity index (χ3n) is 4.11. The Labute approximate surface area is 176 Å². The number of anilines is 1. The third kappa shape index (κ3) is 8.41. The van der Waals surface area contributed by atoms with E-state index < -0.39 is 17.7 Å². The van der Waals surface area contributed by atoms with Gasteiger partial charge in [-0.2, -0.15) is 13.2 Å². The van der Waals surface area contributed by atoms with Crippen LogP contribution in [0.25, 0.3) is 0 Å². The summed E-state index contributed by atoms with van der Waals surface area (Å²) in [5, 5.41) is 16.4. The fourth-order valence-corrected chi connectivity index (χ4v) is 2.60. The molecule has 2 rings (SSSR count). The van der Waals surface area contributed by atoms with E-state index in [2.05, 4.69) is 10.6 Å². The van der Waals surface area contributed by atoms with Crippen molar-refractivity contribution in [3.05, 3.63) is 58.1 Å². The standard InChI is InChI=1S/C20H22F3N3O5/c1-30-18-12-14(2-8-17(18)31-13-20(21,22)23)3-9-19(27)25-11-10-24-15-4-6-16(7-5-15)26(28)29/h2,4-8,12,24H,3,9-11,13H2,1H3,(H,25,27). The Kier molecular flexibility index (Phi) is 8.47. The first-order valence-corrected chi connectivity index (χ1v) is 9.29. The topological polar surface area (TPSA) is 103 Å². The highest BCUT2D eigenvalue weighted by atomic mass is 19.4. The molecule has 2 aromatic carbocycles. The number of carbonyl (C=O) groups excluding carboxylic acids is 1. The molecule has 0 spiro atoms. The number of amides is 1. The van der Waals surface area contributed by atoms with E-state index >= 15 is 0 Å². The van der Waals surface area contributed by atoms with Crippen LogP contribution in [0.15, 0.2) is 42.5 Å². The fraction of sp³-hybridized carbons (Fsp3) is 0.350. The average molecular weight is 441 g/mol.